The van der Waals surface area contributed by atoms with Crippen LogP contribution >= 0.6 is 11.3 Å². The second kappa shape index (κ2) is 10.4. The standard InChI is InChI=1S/C26H29F2N3O4S2/c1-16-12-17(2)24-22(13-16)29-26(36-24)31(15-20-4-3-11-35-20)25(32)18-7-9-30(10-8-18)37(33,34)23-6-5-19(27)14-21(23)28/h5-6,12-14,18,20H,3-4,7-11,15H2,1-2H3. The second-order valence-corrected chi connectivity index (χ2v) is 12.6. The molecule has 198 valence electrons. The van der Waals surface area contributed by atoms with Gasteiger partial charge in [0.05, 0.1) is 22.9 Å². The van der Waals surface area contributed by atoms with Crippen LogP contribution in [0.4, 0.5) is 13.9 Å². The number of aryl methyl sites for hydroxylation is 2. The van der Waals surface area contributed by atoms with Gasteiger partial charge in [0.25, 0.3) is 0 Å². The van der Waals surface area contributed by atoms with E-state index in [2.05, 4.69) is 6.07 Å². The molecule has 0 spiro atoms. The molecule has 11 heteroatoms. The molecule has 0 N–H and O–H groups in total. The summed E-state index contributed by atoms with van der Waals surface area (Å²) in [6.45, 7) is 5.25. The van der Waals surface area contributed by atoms with Gasteiger partial charge in [-0.25, -0.2) is 22.2 Å². The third-order valence-electron chi connectivity index (χ3n) is 7.03. The average molecular weight is 550 g/mol. The van der Waals surface area contributed by atoms with Gasteiger partial charge in [-0.3, -0.25) is 9.69 Å². The van der Waals surface area contributed by atoms with Crippen molar-refractivity contribution in [3.8, 4) is 0 Å². The molecule has 2 fully saturated rings. The van der Waals surface area contributed by atoms with Crippen LogP contribution in [0, 0.1) is 31.4 Å². The first-order valence-electron chi connectivity index (χ1n) is 12.4. The predicted octanol–water partition coefficient (Wildman–Crippen LogP) is 4.80. The summed E-state index contributed by atoms with van der Waals surface area (Å²) in [5.41, 5.74) is 3.06. The highest BCUT2D eigenvalue weighted by Crippen LogP contribution is 2.35. The highest BCUT2D eigenvalue weighted by atomic mass is 32.2. The second-order valence-electron chi connectivity index (χ2n) is 9.76. The summed E-state index contributed by atoms with van der Waals surface area (Å²) in [7, 11) is -4.14. The number of aromatic nitrogens is 1. The van der Waals surface area contributed by atoms with E-state index in [1.165, 1.54) is 15.6 Å². The molecule has 0 aliphatic carbocycles. The van der Waals surface area contributed by atoms with Gasteiger partial charge in [0.15, 0.2) is 5.13 Å². The number of nitrogens with zero attached hydrogens (tertiary/aromatic N) is 3. The number of halogens is 2. The van der Waals surface area contributed by atoms with Crippen molar-refractivity contribution in [3.05, 3.63) is 53.1 Å². The number of anilines is 1. The maximum Gasteiger partial charge on any atom is 0.245 e. The number of amides is 1. The number of hydrogen-bond donors (Lipinski definition) is 0. The minimum atomic E-state index is -4.14. The summed E-state index contributed by atoms with van der Waals surface area (Å²) >= 11 is 1.48. The lowest BCUT2D eigenvalue weighted by molar-refractivity contribution is -0.123. The van der Waals surface area contributed by atoms with Crippen LogP contribution in [0.5, 0.6) is 0 Å². The number of piperidine rings is 1. The first-order chi connectivity index (χ1) is 17.6. The van der Waals surface area contributed by atoms with Crippen molar-refractivity contribution in [2.45, 2.75) is 50.5 Å². The monoisotopic (exact) mass is 549 g/mol. The maximum atomic E-state index is 14.2. The van der Waals surface area contributed by atoms with Gasteiger partial charge in [0.2, 0.25) is 15.9 Å². The molecule has 1 aromatic heterocycles. The number of carbonyl (C=O) groups is 1. The van der Waals surface area contributed by atoms with Crippen LogP contribution in [-0.4, -0.2) is 56.0 Å². The van der Waals surface area contributed by atoms with Crippen molar-refractivity contribution in [2.24, 2.45) is 5.92 Å². The number of ether oxygens (including phenoxy) is 1. The lowest BCUT2D eigenvalue weighted by Crippen LogP contribution is -2.46. The van der Waals surface area contributed by atoms with E-state index < -0.39 is 32.5 Å². The molecule has 7 nitrogen and oxygen atoms in total. The van der Waals surface area contributed by atoms with Crippen LogP contribution in [0.1, 0.15) is 36.8 Å². The van der Waals surface area contributed by atoms with E-state index in [0.29, 0.717) is 37.2 Å². The van der Waals surface area contributed by atoms with Gasteiger partial charge in [-0.2, -0.15) is 4.31 Å². The largest absolute Gasteiger partial charge is 0.376 e. The Hall–Kier alpha value is -2.47. The Labute approximate surface area is 219 Å². The van der Waals surface area contributed by atoms with E-state index in [1.807, 2.05) is 19.9 Å². The molecule has 5 rings (SSSR count). The summed E-state index contributed by atoms with van der Waals surface area (Å²) in [5.74, 6) is -2.47. The average Bonchev–Trinajstić information content (AvgIpc) is 3.52. The number of sulfonamides is 1. The topological polar surface area (TPSA) is 79.8 Å². The summed E-state index contributed by atoms with van der Waals surface area (Å²) in [6.07, 6.45) is 2.34. The van der Waals surface area contributed by atoms with Crippen molar-refractivity contribution in [3.63, 3.8) is 0 Å². The summed E-state index contributed by atoms with van der Waals surface area (Å²) in [6, 6.07) is 6.53. The highest BCUT2D eigenvalue weighted by molar-refractivity contribution is 7.89. The van der Waals surface area contributed by atoms with Crippen LogP contribution < -0.4 is 4.90 Å². The Kier molecular flexibility index (Phi) is 7.32. The minimum absolute atomic E-state index is 0.0688. The zero-order valence-electron chi connectivity index (χ0n) is 20.7. The summed E-state index contributed by atoms with van der Waals surface area (Å²) < 4.78 is 61.5. The van der Waals surface area contributed by atoms with Crippen molar-refractivity contribution in [1.82, 2.24) is 9.29 Å². The number of carbonyl (C=O) groups excluding carboxylic acids is 1. The van der Waals surface area contributed by atoms with Crippen molar-refractivity contribution < 1.29 is 26.7 Å². The van der Waals surface area contributed by atoms with Gasteiger partial charge < -0.3 is 4.74 Å². The Morgan fingerprint density at radius 3 is 2.59 bits per heavy atom. The molecular weight excluding hydrogens is 520 g/mol. The molecule has 2 aromatic carbocycles. The van der Waals surface area contributed by atoms with Gasteiger partial charge in [-0.15, -0.1) is 0 Å². The molecule has 2 aliphatic heterocycles. The van der Waals surface area contributed by atoms with Gasteiger partial charge >= 0.3 is 0 Å². The van der Waals surface area contributed by atoms with Gasteiger partial charge in [0, 0.05) is 31.7 Å². The number of fused-ring (bicyclic) bond motifs is 1. The number of benzene rings is 2. The SMILES string of the molecule is Cc1cc(C)c2sc(N(CC3CCCO3)C(=O)C3CCN(S(=O)(=O)c4ccc(F)cc4F)CC3)nc2c1. The van der Waals surface area contributed by atoms with Crippen LogP contribution in [0.25, 0.3) is 10.2 Å². The summed E-state index contributed by atoms with van der Waals surface area (Å²) in [5, 5.41) is 0.618. The molecule has 37 heavy (non-hydrogen) atoms. The Balaban J connectivity index is 1.36. The molecule has 0 radical (unpaired) electrons. The van der Waals surface area contributed by atoms with E-state index in [-0.39, 0.29) is 25.1 Å². The lowest BCUT2D eigenvalue weighted by Gasteiger charge is -2.33. The predicted molar refractivity (Wildman–Crippen MR) is 138 cm³/mol. The van der Waals surface area contributed by atoms with Crippen LogP contribution in [0.3, 0.4) is 0 Å². The molecule has 1 unspecified atom stereocenters. The normalized spacial score (nSPS) is 19.5. The lowest BCUT2D eigenvalue weighted by atomic mass is 9.96. The van der Waals surface area contributed by atoms with Crippen LogP contribution in [-0.2, 0) is 19.6 Å². The zero-order chi connectivity index (χ0) is 26.3. The van der Waals surface area contributed by atoms with E-state index in [0.717, 1.165) is 46.3 Å². The third-order valence-corrected chi connectivity index (χ3v) is 10.2. The molecule has 3 heterocycles. The molecule has 1 amide bonds. The molecule has 0 saturated carbocycles. The van der Waals surface area contributed by atoms with Gasteiger partial charge in [0.1, 0.15) is 16.5 Å². The molecule has 0 bridgehead atoms. The molecule has 3 aromatic rings. The van der Waals surface area contributed by atoms with E-state index in [9.17, 15) is 22.0 Å². The number of hydrogen-bond acceptors (Lipinski definition) is 6. The first kappa shape index (κ1) is 26.1. The van der Waals surface area contributed by atoms with Crippen LogP contribution in [0.15, 0.2) is 35.2 Å². The third kappa shape index (κ3) is 5.27. The fourth-order valence-corrected chi connectivity index (χ4v) is 7.67. The first-order valence-corrected chi connectivity index (χ1v) is 14.6. The van der Waals surface area contributed by atoms with E-state index in [1.54, 1.807) is 4.90 Å². The Morgan fingerprint density at radius 1 is 1.16 bits per heavy atom. The maximum absolute atomic E-state index is 14.2. The molecular formula is C26H29F2N3O4S2. The van der Waals surface area contributed by atoms with E-state index in [4.69, 9.17) is 9.72 Å². The number of thiazole rings is 1. The highest BCUT2D eigenvalue weighted by Gasteiger charge is 2.37. The fraction of sp³-hybridized carbons (Fsp3) is 0.462. The van der Waals surface area contributed by atoms with Crippen molar-refractivity contribution >= 4 is 42.6 Å². The van der Waals surface area contributed by atoms with Crippen molar-refractivity contribution in [1.29, 1.82) is 0 Å². The van der Waals surface area contributed by atoms with Gasteiger partial charge in [-0.1, -0.05) is 17.4 Å². The van der Waals surface area contributed by atoms with Crippen LogP contribution in [0.2, 0.25) is 0 Å². The fourth-order valence-electron chi connectivity index (χ4n) is 5.12. The molecule has 1 atom stereocenters. The number of rotatable bonds is 6. The minimum Gasteiger partial charge on any atom is -0.376 e. The van der Waals surface area contributed by atoms with E-state index >= 15 is 0 Å². The molecule has 2 aliphatic rings. The summed E-state index contributed by atoms with van der Waals surface area (Å²) in [4.78, 5) is 19.7. The van der Waals surface area contributed by atoms with Gasteiger partial charge in [-0.05, 0) is 68.9 Å². The smallest absolute Gasteiger partial charge is 0.245 e. The Bertz CT molecular complexity index is 1430. The quantitative estimate of drug-likeness (QED) is 0.441. The molecule has 2 saturated heterocycles. The Morgan fingerprint density at radius 2 is 1.92 bits per heavy atom. The zero-order valence-corrected chi connectivity index (χ0v) is 22.4. The van der Waals surface area contributed by atoms with Crippen molar-refractivity contribution in [2.75, 3.05) is 31.1 Å².